The van der Waals surface area contributed by atoms with Gasteiger partial charge in [0.1, 0.15) is 0 Å². The topological polar surface area (TPSA) is 109 Å². The number of hydrogen-bond acceptors (Lipinski definition) is 7. The minimum atomic E-state index is -2.32. The van der Waals surface area contributed by atoms with Gasteiger partial charge in [0.25, 0.3) is 0 Å². The molecule has 2 amide bonds. The van der Waals surface area contributed by atoms with Crippen LogP contribution in [0.4, 0.5) is 22.1 Å². The van der Waals surface area contributed by atoms with Crippen molar-refractivity contribution in [2.75, 3.05) is 43.3 Å². The summed E-state index contributed by atoms with van der Waals surface area (Å²) in [6, 6.07) is 8.80. The molecule has 3 rings (SSSR count). The van der Waals surface area contributed by atoms with E-state index in [1.54, 1.807) is 55.0 Å². The van der Waals surface area contributed by atoms with Gasteiger partial charge in [0.2, 0.25) is 11.8 Å². The van der Waals surface area contributed by atoms with Gasteiger partial charge in [-0.05, 0) is 25.0 Å². The average molecular weight is 419 g/mol. The molecule has 0 atom stereocenters. The number of urea groups is 1. The van der Waals surface area contributed by atoms with Crippen LogP contribution < -0.4 is 15.4 Å². The molecule has 29 heavy (non-hydrogen) atoms. The molecule has 0 unspecified atom stereocenters. The number of hydrogen-bond donors (Lipinski definition) is 2. The number of ether oxygens (including phenoxy) is 1. The largest absolute Gasteiger partial charge is 0.481 e. The van der Waals surface area contributed by atoms with E-state index in [2.05, 4.69) is 25.0 Å². The van der Waals surface area contributed by atoms with Crippen molar-refractivity contribution in [3.8, 4) is 5.88 Å². The summed E-state index contributed by atoms with van der Waals surface area (Å²) < 4.78 is 21.3. The maximum absolute atomic E-state index is 12.7. The molecule has 1 aliphatic rings. The lowest BCUT2D eigenvalue weighted by molar-refractivity contribution is 0.197. The fourth-order valence-corrected chi connectivity index (χ4v) is 3.66. The molecule has 0 radical (unpaired) electrons. The van der Waals surface area contributed by atoms with Crippen LogP contribution in [0.2, 0.25) is 0 Å². The van der Waals surface area contributed by atoms with E-state index in [1.165, 1.54) is 0 Å². The predicted octanol–water partition coefficient (Wildman–Crippen LogP) is 2.95. The lowest BCUT2D eigenvalue weighted by Crippen LogP contribution is -2.44. The highest BCUT2D eigenvalue weighted by Gasteiger charge is 2.24. The van der Waals surface area contributed by atoms with Gasteiger partial charge < -0.3 is 20.3 Å². The fraction of sp³-hybridized carbons (Fsp3) is 0.421. The maximum Gasteiger partial charge on any atom is 0.321 e. The number of piperidine rings is 1. The van der Waals surface area contributed by atoms with Crippen LogP contribution in [0.25, 0.3) is 0 Å². The zero-order valence-corrected chi connectivity index (χ0v) is 17.6. The molecule has 1 saturated heterocycles. The van der Waals surface area contributed by atoms with Gasteiger partial charge in [-0.1, -0.05) is 12.1 Å². The number of amides is 2. The van der Waals surface area contributed by atoms with Crippen molar-refractivity contribution in [1.82, 2.24) is 14.9 Å². The van der Waals surface area contributed by atoms with Crippen LogP contribution in [0.5, 0.6) is 5.88 Å². The summed E-state index contributed by atoms with van der Waals surface area (Å²) in [6.45, 7) is 1.20. The predicted molar refractivity (Wildman–Crippen MR) is 114 cm³/mol. The first-order valence-electron chi connectivity index (χ1n) is 9.30. The molecule has 2 heterocycles. The first-order chi connectivity index (χ1) is 13.8. The molecular weight excluding hydrogens is 392 g/mol. The lowest BCUT2D eigenvalue weighted by Gasteiger charge is -2.32. The second-order valence-electron chi connectivity index (χ2n) is 7.05. The van der Waals surface area contributed by atoms with Crippen LogP contribution >= 0.6 is 0 Å². The van der Waals surface area contributed by atoms with Gasteiger partial charge in [0.05, 0.1) is 18.5 Å². The molecule has 1 aromatic heterocycles. The molecule has 10 heteroatoms. The zero-order valence-electron chi connectivity index (χ0n) is 16.8. The molecule has 0 spiro atoms. The molecule has 1 fully saturated rings. The summed E-state index contributed by atoms with van der Waals surface area (Å²) in [6.07, 6.45) is 6.32. The van der Waals surface area contributed by atoms with Crippen molar-refractivity contribution >= 4 is 33.1 Å². The quantitative estimate of drug-likeness (QED) is 0.773. The van der Waals surface area contributed by atoms with E-state index in [-0.39, 0.29) is 12.1 Å². The highest BCUT2D eigenvalue weighted by Crippen LogP contribution is 2.26. The summed E-state index contributed by atoms with van der Waals surface area (Å²) >= 11 is 0. The highest BCUT2D eigenvalue weighted by atomic mass is 32.2. The second-order valence-corrected chi connectivity index (χ2v) is 9.59. The van der Waals surface area contributed by atoms with E-state index in [0.717, 1.165) is 12.8 Å². The number of para-hydroxylation sites is 1. The van der Waals surface area contributed by atoms with Crippen LogP contribution in [0.3, 0.4) is 0 Å². The Kier molecular flexibility index (Phi) is 6.53. The number of nitrogens with zero attached hydrogens (tertiary/aromatic N) is 4. The van der Waals surface area contributed by atoms with E-state index in [9.17, 15) is 9.00 Å². The van der Waals surface area contributed by atoms with E-state index >= 15 is 0 Å². The third kappa shape index (κ3) is 6.05. The van der Waals surface area contributed by atoms with E-state index in [1.807, 2.05) is 6.07 Å². The van der Waals surface area contributed by atoms with Gasteiger partial charge in [-0.25, -0.2) is 14.0 Å². The molecular formula is C19H26N6O3S. The molecule has 1 aromatic carbocycles. The number of carbonyl (C=O) groups excluding carboxylic acids is 1. The Morgan fingerprint density at radius 1 is 1.24 bits per heavy atom. The van der Waals surface area contributed by atoms with Crippen LogP contribution in [-0.2, 0) is 9.73 Å². The standard InChI is InChI=1S/C19H26N6O3S/c1-28-17-8-11-20-18(23-17)21-14-9-12-25(13-10-14)19(26)22-15-6-4-5-7-16(15)24-29(2,3)27/h4-8,11,14H,9-10,12-13H2,1-3H3,(H,22,26)(H,20,21,23). The van der Waals surface area contributed by atoms with E-state index < -0.39 is 9.73 Å². The second kappa shape index (κ2) is 9.08. The summed E-state index contributed by atoms with van der Waals surface area (Å²) in [5, 5.41) is 6.18. The number of aromatic nitrogens is 2. The smallest absolute Gasteiger partial charge is 0.321 e. The van der Waals surface area contributed by atoms with Gasteiger partial charge in [0.15, 0.2) is 0 Å². The summed E-state index contributed by atoms with van der Waals surface area (Å²) in [5.74, 6) is 1.03. The number of likely N-dealkylation sites (tertiary alicyclic amines) is 1. The molecule has 0 bridgehead atoms. The monoisotopic (exact) mass is 418 g/mol. The van der Waals surface area contributed by atoms with Crippen molar-refractivity contribution in [2.45, 2.75) is 18.9 Å². The summed E-state index contributed by atoms with van der Waals surface area (Å²) in [4.78, 5) is 22.9. The van der Waals surface area contributed by atoms with Crippen LogP contribution in [0, 0.1) is 0 Å². The van der Waals surface area contributed by atoms with E-state index in [0.29, 0.717) is 36.3 Å². The Morgan fingerprint density at radius 3 is 2.66 bits per heavy atom. The number of methoxy groups -OCH3 is 1. The van der Waals surface area contributed by atoms with Crippen molar-refractivity contribution < 1.29 is 13.7 Å². The molecule has 1 aliphatic heterocycles. The van der Waals surface area contributed by atoms with Crippen LogP contribution in [0.15, 0.2) is 40.9 Å². The van der Waals surface area contributed by atoms with Crippen molar-refractivity contribution in [1.29, 1.82) is 0 Å². The third-order valence-electron chi connectivity index (χ3n) is 4.42. The number of carbonyl (C=O) groups is 1. The van der Waals surface area contributed by atoms with Gasteiger partial charge in [0, 0.05) is 53.6 Å². The van der Waals surface area contributed by atoms with Gasteiger partial charge in [-0.3, -0.25) is 0 Å². The molecule has 0 aliphatic carbocycles. The number of nitrogens with one attached hydrogen (secondary N) is 2. The van der Waals surface area contributed by atoms with Gasteiger partial charge in [-0.15, -0.1) is 0 Å². The first-order valence-corrected chi connectivity index (χ1v) is 11.6. The lowest BCUT2D eigenvalue weighted by atomic mass is 10.1. The van der Waals surface area contributed by atoms with Crippen LogP contribution in [0.1, 0.15) is 12.8 Å². The van der Waals surface area contributed by atoms with Gasteiger partial charge >= 0.3 is 6.03 Å². The number of benzene rings is 1. The summed E-state index contributed by atoms with van der Waals surface area (Å²) in [5.41, 5.74) is 1.07. The SMILES string of the molecule is COc1ccnc(NC2CCN(C(=O)Nc3ccccc3N=S(C)(C)=O)CC2)n1. The average Bonchev–Trinajstić information content (AvgIpc) is 2.69. The molecule has 0 saturated carbocycles. The van der Waals surface area contributed by atoms with Crippen molar-refractivity contribution in [3.05, 3.63) is 36.5 Å². The number of rotatable bonds is 5. The van der Waals surface area contributed by atoms with Crippen molar-refractivity contribution in [2.24, 2.45) is 4.36 Å². The Morgan fingerprint density at radius 2 is 1.97 bits per heavy atom. The zero-order chi connectivity index (χ0) is 20.9. The maximum atomic E-state index is 12.7. The molecule has 2 N–H and O–H groups in total. The molecule has 156 valence electrons. The molecule has 9 nitrogen and oxygen atoms in total. The Hall–Kier alpha value is -2.88. The molecule has 2 aromatic rings. The third-order valence-corrected chi connectivity index (χ3v) is 5.05. The van der Waals surface area contributed by atoms with Crippen LogP contribution in [-0.4, -0.2) is 63.9 Å². The highest BCUT2D eigenvalue weighted by molar-refractivity contribution is 7.92. The van der Waals surface area contributed by atoms with E-state index in [4.69, 9.17) is 4.74 Å². The van der Waals surface area contributed by atoms with Crippen molar-refractivity contribution in [3.63, 3.8) is 0 Å². The Labute approximate surface area is 171 Å². The normalized spacial score (nSPS) is 14.9. The fourth-order valence-electron chi connectivity index (χ4n) is 3.02. The Bertz CT molecular complexity index is 973. The number of anilines is 2. The minimum absolute atomic E-state index is 0.179. The Balaban J connectivity index is 1.58. The summed E-state index contributed by atoms with van der Waals surface area (Å²) in [7, 11) is -0.758. The van der Waals surface area contributed by atoms with Gasteiger partial charge in [-0.2, -0.15) is 9.35 Å². The first kappa shape index (κ1) is 20.8. The minimum Gasteiger partial charge on any atom is -0.481 e.